The van der Waals surface area contributed by atoms with Crippen molar-refractivity contribution in [3.63, 3.8) is 0 Å². The largest absolute Gasteiger partial charge is 0.493 e. The molecule has 4 rings (SSSR count). The molecular formula is C24H23FN2O4. The normalized spacial score (nSPS) is 14.5. The quantitative estimate of drug-likeness (QED) is 0.631. The van der Waals surface area contributed by atoms with E-state index >= 15 is 0 Å². The fourth-order valence-electron chi connectivity index (χ4n) is 3.69. The molecule has 1 atom stereocenters. The van der Waals surface area contributed by atoms with Crippen LogP contribution in [0.25, 0.3) is 11.3 Å². The summed E-state index contributed by atoms with van der Waals surface area (Å²) in [5, 5.41) is 2.90. The molecule has 2 aromatic carbocycles. The maximum absolute atomic E-state index is 14.1. The first-order chi connectivity index (χ1) is 15.1. The molecule has 0 spiro atoms. The van der Waals surface area contributed by atoms with Crippen molar-refractivity contribution in [2.45, 2.75) is 18.9 Å². The molecule has 0 saturated heterocycles. The van der Waals surface area contributed by atoms with E-state index in [0.717, 1.165) is 11.1 Å². The lowest BCUT2D eigenvalue weighted by atomic mass is 10.0. The summed E-state index contributed by atoms with van der Waals surface area (Å²) in [5.41, 5.74) is 2.86. The molecule has 0 fully saturated rings. The Morgan fingerprint density at radius 3 is 2.74 bits per heavy atom. The van der Waals surface area contributed by atoms with Crippen LogP contribution >= 0.6 is 0 Å². The van der Waals surface area contributed by atoms with E-state index in [1.54, 1.807) is 38.6 Å². The highest BCUT2D eigenvalue weighted by atomic mass is 19.1. The Hall–Kier alpha value is -3.61. The van der Waals surface area contributed by atoms with E-state index < -0.39 is 0 Å². The van der Waals surface area contributed by atoms with Crippen molar-refractivity contribution in [1.29, 1.82) is 0 Å². The van der Waals surface area contributed by atoms with Crippen LogP contribution in [0.5, 0.6) is 17.2 Å². The standard InChI is InChI=1S/C24H23FN2O4/c1-29-21-7-6-15(9-22(21)30-2)10-23(28)27-14-18-12-16-11-17(25)13-19(24(16)31-18)20-5-3-4-8-26-20/h3-9,11,13,18H,10,12,14H2,1-2H3,(H,27,28)/t18-/m0/s1. The van der Waals surface area contributed by atoms with E-state index in [1.165, 1.54) is 12.1 Å². The lowest BCUT2D eigenvalue weighted by Gasteiger charge is -2.14. The van der Waals surface area contributed by atoms with Gasteiger partial charge in [-0.15, -0.1) is 0 Å². The van der Waals surface area contributed by atoms with Crippen molar-refractivity contribution in [3.8, 4) is 28.5 Å². The summed E-state index contributed by atoms with van der Waals surface area (Å²) in [6, 6.07) is 13.8. The van der Waals surface area contributed by atoms with Crippen LogP contribution in [0.1, 0.15) is 11.1 Å². The lowest BCUT2D eigenvalue weighted by Crippen LogP contribution is -2.35. The predicted octanol–water partition coefficient (Wildman–Crippen LogP) is 3.57. The van der Waals surface area contributed by atoms with Crippen molar-refractivity contribution in [2.75, 3.05) is 20.8 Å². The molecule has 0 radical (unpaired) electrons. The maximum Gasteiger partial charge on any atom is 0.224 e. The average molecular weight is 422 g/mol. The van der Waals surface area contributed by atoms with E-state index in [9.17, 15) is 9.18 Å². The number of methoxy groups -OCH3 is 2. The number of hydrogen-bond acceptors (Lipinski definition) is 5. The van der Waals surface area contributed by atoms with Gasteiger partial charge in [-0.05, 0) is 42.0 Å². The van der Waals surface area contributed by atoms with Gasteiger partial charge in [0.15, 0.2) is 11.5 Å². The van der Waals surface area contributed by atoms with Gasteiger partial charge in [-0.2, -0.15) is 0 Å². The monoisotopic (exact) mass is 422 g/mol. The van der Waals surface area contributed by atoms with E-state index in [-0.39, 0.29) is 24.2 Å². The predicted molar refractivity (Wildman–Crippen MR) is 114 cm³/mol. The van der Waals surface area contributed by atoms with Crippen LogP contribution in [0, 0.1) is 5.82 Å². The molecule has 2 heterocycles. The number of rotatable bonds is 7. The first-order valence-electron chi connectivity index (χ1n) is 9.95. The highest BCUT2D eigenvalue weighted by Crippen LogP contribution is 2.38. The Labute approximate surface area is 180 Å². The zero-order valence-corrected chi connectivity index (χ0v) is 17.4. The minimum absolute atomic E-state index is 0.136. The Bertz CT molecular complexity index is 1090. The summed E-state index contributed by atoms with van der Waals surface area (Å²) in [4.78, 5) is 16.7. The van der Waals surface area contributed by atoms with Crippen LogP contribution in [0.15, 0.2) is 54.7 Å². The third kappa shape index (κ3) is 4.60. The van der Waals surface area contributed by atoms with Crippen LogP contribution in [0.4, 0.5) is 4.39 Å². The third-order valence-electron chi connectivity index (χ3n) is 5.14. The van der Waals surface area contributed by atoms with E-state index in [0.29, 0.717) is 41.5 Å². The van der Waals surface area contributed by atoms with Crippen LogP contribution < -0.4 is 19.5 Å². The number of fused-ring (bicyclic) bond motifs is 1. The third-order valence-corrected chi connectivity index (χ3v) is 5.14. The van der Waals surface area contributed by atoms with Crippen LogP contribution in [-0.2, 0) is 17.6 Å². The molecule has 160 valence electrons. The molecule has 3 aromatic rings. The zero-order chi connectivity index (χ0) is 21.8. The first-order valence-corrected chi connectivity index (χ1v) is 9.95. The van der Waals surface area contributed by atoms with Crippen molar-refractivity contribution >= 4 is 5.91 Å². The van der Waals surface area contributed by atoms with Crippen molar-refractivity contribution in [3.05, 3.63) is 71.7 Å². The zero-order valence-electron chi connectivity index (χ0n) is 17.4. The fourth-order valence-corrected chi connectivity index (χ4v) is 3.69. The Kier molecular flexibility index (Phi) is 6.02. The first kappa shape index (κ1) is 20.7. The molecule has 1 aromatic heterocycles. The second-order valence-electron chi connectivity index (χ2n) is 7.27. The number of carbonyl (C=O) groups excluding carboxylic acids is 1. The molecule has 1 aliphatic rings. The van der Waals surface area contributed by atoms with Gasteiger partial charge in [-0.3, -0.25) is 9.78 Å². The summed E-state index contributed by atoms with van der Waals surface area (Å²) in [7, 11) is 3.12. The van der Waals surface area contributed by atoms with Crippen molar-refractivity contribution in [1.82, 2.24) is 10.3 Å². The number of pyridine rings is 1. The van der Waals surface area contributed by atoms with Crippen molar-refractivity contribution < 1.29 is 23.4 Å². The van der Waals surface area contributed by atoms with Gasteiger partial charge < -0.3 is 19.5 Å². The Morgan fingerprint density at radius 2 is 2.00 bits per heavy atom. The topological polar surface area (TPSA) is 69.7 Å². The molecule has 1 aliphatic heterocycles. The van der Waals surface area contributed by atoms with Gasteiger partial charge in [0.25, 0.3) is 0 Å². The summed E-state index contributed by atoms with van der Waals surface area (Å²) in [6.07, 6.45) is 2.11. The van der Waals surface area contributed by atoms with Crippen LogP contribution in [0.3, 0.4) is 0 Å². The van der Waals surface area contributed by atoms with Gasteiger partial charge in [0, 0.05) is 23.7 Å². The molecule has 0 unspecified atom stereocenters. The number of carbonyl (C=O) groups is 1. The van der Waals surface area contributed by atoms with Gasteiger partial charge in [-0.25, -0.2) is 4.39 Å². The number of amides is 1. The number of ether oxygens (including phenoxy) is 3. The van der Waals surface area contributed by atoms with E-state index in [1.807, 2.05) is 18.2 Å². The molecule has 0 aliphatic carbocycles. The molecule has 1 N–H and O–H groups in total. The SMILES string of the molecule is COc1ccc(CC(=O)NC[C@@H]2Cc3cc(F)cc(-c4ccccn4)c3O2)cc1OC. The average Bonchev–Trinajstić information content (AvgIpc) is 3.20. The van der Waals surface area contributed by atoms with Gasteiger partial charge in [0.1, 0.15) is 17.7 Å². The van der Waals surface area contributed by atoms with Crippen LogP contribution in [-0.4, -0.2) is 37.8 Å². The summed E-state index contributed by atoms with van der Waals surface area (Å²) < 4.78 is 30.7. The molecule has 1 amide bonds. The van der Waals surface area contributed by atoms with E-state index in [2.05, 4.69) is 10.3 Å². The van der Waals surface area contributed by atoms with Gasteiger partial charge >= 0.3 is 0 Å². The lowest BCUT2D eigenvalue weighted by molar-refractivity contribution is -0.120. The number of aromatic nitrogens is 1. The van der Waals surface area contributed by atoms with Crippen molar-refractivity contribution in [2.24, 2.45) is 0 Å². The molecule has 6 nitrogen and oxygen atoms in total. The second kappa shape index (κ2) is 9.04. The minimum atomic E-state index is -0.332. The van der Waals surface area contributed by atoms with Gasteiger partial charge in [0.2, 0.25) is 5.91 Å². The number of nitrogens with one attached hydrogen (secondary N) is 1. The van der Waals surface area contributed by atoms with E-state index in [4.69, 9.17) is 14.2 Å². The number of benzene rings is 2. The Balaban J connectivity index is 1.39. The van der Waals surface area contributed by atoms with Crippen LogP contribution in [0.2, 0.25) is 0 Å². The molecule has 7 heteroatoms. The Morgan fingerprint density at radius 1 is 1.16 bits per heavy atom. The highest BCUT2D eigenvalue weighted by molar-refractivity contribution is 5.79. The number of hydrogen-bond donors (Lipinski definition) is 1. The fraction of sp³-hybridized carbons (Fsp3) is 0.250. The number of halogens is 1. The second-order valence-corrected chi connectivity index (χ2v) is 7.27. The molecular weight excluding hydrogens is 399 g/mol. The van der Waals surface area contributed by atoms with Gasteiger partial charge in [-0.1, -0.05) is 12.1 Å². The molecule has 0 saturated carbocycles. The minimum Gasteiger partial charge on any atom is -0.493 e. The molecule has 31 heavy (non-hydrogen) atoms. The maximum atomic E-state index is 14.1. The summed E-state index contributed by atoms with van der Waals surface area (Å²) in [6.45, 7) is 0.323. The van der Waals surface area contributed by atoms with Gasteiger partial charge in [0.05, 0.1) is 32.9 Å². The highest BCUT2D eigenvalue weighted by Gasteiger charge is 2.27. The summed E-state index contributed by atoms with van der Waals surface area (Å²) in [5.74, 6) is 1.34. The molecule has 0 bridgehead atoms. The summed E-state index contributed by atoms with van der Waals surface area (Å²) >= 11 is 0. The number of nitrogens with zero attached hydrogens (tertiary/aromatic N) is 1. The smallest absolute Gasteiger partial charge is 0.224 e.